The molecule has 0 aromatic heterocycles. The van der Waals surface area contributed by atoms with Gasteiger partial charge in [0.2, 0.25) is 0 Å². The van der Waals surface area contributed by atoms with E-state index in [0.717, 1.165) is 5.56 Å². The Labute approximate surface area is 105 Å². The fourth-order valence-electron chi connectivity index (χ4n) is 1.74. The van der Waals surface area contributed by atoms with Gasteiger partial charge < -0.3 is 5.73 Å². The van der Waals surface area contributed by atoms with Gasteiger partial charge in [-0.25, -0.2) is 4.39 Å². The van der Waals surface area contributed by atoms with Gasteiger partial charge in [0, 0.05) is 17.7 Å². The Balaban J connectivity index is 2.16. The highest BCUT2D eigenvalue weighted by atomic mass is 19.1. The minimum atomic E-state index is -0.293. The van der Waals surface area contributed by atoms with Crippen LogP contribution in [-0.4, -0.2) is 5.78 Å². The first-order chi connectivity index (χ1) is 8.56. The molecule has 0 aliphatic carbocycles. The van der Waals surface area contributed by atoms with E-state index in [1.165, 1.54) is 12.1 Å². The van der Waals surface area contributed by atoms with Crippen LogP contribution in [0.2, 0.25) is 0 Å². The second-order valence-corrected chi connectivity index (χ2v) is 4.31. The molecule has 92 valence electrons. The van der Waals surface area contributed by atoms with Gasteiger partial charge in [-0.3, -0.25) is 4.79 Å². The third kappa shape index (κ3) is 2.74. The second-order valence-electron chi connectivity index (χ2n) is 4.31. The molecule has 18 heavy (non-hydrogen) atoms. The number of halogens is 1. The summed E-state index contributed by atoms with van der Waals surface area (Å²) in [5, 5.41) is 0. The molecule has 0 atom stereocenters. The Hall–Kier alpha value is -2.16. The van der Waals surface area contributed by atoms with E-state index in [2.05, 4.69) is 0 Å². The number of carbonyl (C=O) groups is 1. The molecule has 0 saturated carbocycles. The molecule has 3 heteroatoms. The normalized spacial score (nSPS) is 10.3. The lowest BCUT2D eigenvalue weighted by Gasteiger charge is -2.04. The molecule has 2 aromatic carbocycles. The number of hydrogen-bond donors (Lipinski definition) is 1. The SMILES string of the molecule is Cc1cc(C(=O)Cc2ccc(N)cc2)ccc1F. The van der Waals surface area contributed by atoms with Gasteiger partial charge >= 0.3 is 0 Å². The lowest BCUT2D eigenvalue weighted by atomic mass is 10.0. The lowest BCUT2D eigenvalue weighted by molar-refractivity contribution is 0.0993. The summed E-state index contributed by atoms with van der Waals surface area (Å²) in [6.07, 6.45) is 0.297. The molecule has 0 radical (unpaired) electrons. The number of rotatable bonds is 3. The van der Waals surface area contributed by atoms with Crippen molar-refractivity contribution < 1.29 is 9.18 Å². The summed E-state index contributed by atoms with van der Waals surface area (Å²) < 4.78 is 13.1. The number of carbonyl (C=O) groups excluding carboxylic acids is 1. The zero-order chi connectivity index (χ0) is 13.1. The summed E-state index contributed by atoms with van der Waals surface area (Å²) in [5.74, 6) is -0.318. The van der Waals surface area contributed by atoms with Crippen LogP contribution < -0.4 is 5.73 Å². The molecular formula is C15H14FNO. The van der Waals surface area contributed by atoms with Gasteiger partial charge in [0.1, 0.15) is 5.82 Å². The predicted octanol–water partition coefficient (Wildman–Crippen LogP) is 3.14. The van der Waals surface area contributed by atoms with Crippen LogP contribution in [0, 0.1) is 12.7 Å². The molecule has 0 aliphatic heterocycles. The van der Waals surface area contributed by atoms with Crippen molar-refractivity contribution in [1.29, 1.82) is 0 Å². The van der Waals surface area contributed by atoms with Gasteiger partial charge in [0.25, 0.3) is 0 Å². The van der Waals surface area contributed by atoms with Crippen molar-refractivity contribution >= 4 is 11.5 Å². The van der Waals surface area contributed by atoms with E-state index < -0.39 is 0 Å². The van der Waals surface area contributed by atoms with E-state index in [4.69, 9.17) is 5.73 Å². The van der Waals surface area contributed by atoms with Crippen LogP contribution in [-0.2, 0) is 6.42 Å². The van der Waals surface area contributed by atoms with Crippen LogP contribution in [0.3, 0.4) is 0 Å². The smallest absolute Gasteiger partial charge is 0.167 e. The van der Waals surface area contributed by atoms with Gasteiger partial charge in [-0.05, 0) is 48.4 Å². The number of aryl methyl sites for hydroxylation is 1. The first-order valence-corrected chi connectivity index (χ1v) is 5.70. The number of hydrogen-bond acceptors (Lipinski definition) is 2. The average Bonchev–Trinajstić information content (AvgIpc) is 2.35. The molecule has 0 bridgehead atoms. The van der Waals surface area contributed by atoms with Crippen LogP contribution in [0.15, 0.2) is 42.5 Å². The van der Waals surface area contributed by atoms with Gasteiger partial charge in [-0.1, -0.05) is 12.1 Å². The van der Waals surface area contributed by atoms with Crippen LogP contribution in [0.5, 0.6) is 0 Å². The maximum atomic E-state index is 13.1. The van der Waals surface area contributed by atoms with Crippen molar-refractivity contribution in [2.24, 2.45) is 0 Å². The molecule has 0 aliphatic rings. The van der Waals surface area contributed by atoms with Gasteiger partial charge in [-0.15, -0.1) is 0 Å². The topological polar surface area (TPSA) is 43.1 Å². The Morgan fingerprint density at radius 1 is 1.17 bits per heavy atom. The molecule has 0 amide bonds. The minimum Gasteiger partial charge on any atom is -0.399 e. The van der Waals surface area contributed by atoms with Crippen molar-refractivity contribution in [2.45, 2.75) is 13.3 Å². The number of nitrogen functional groups attached to an aromatic ring is 1. The number of nitrogens with two attached hydrogens (primary N) is 1. The van der Waals surface area contributed by atoms with Crippen LogP contribution in [0.4, 0.5) is 10.1 Å². The van der Waals surface area contributed by atoms with Crippen molar-refractivity contribution in [2.75, 3.05) is 5.73 Å². The molecule has 0 fully saturated rings. The van der Waals surface area contributed by atoms with Crippen molar-refractivity contribution in [3.8, 4) is 0 Å². The predicted molar refractivity (Wildman–Crippen MR) is 70.0 cm³/mol. The monoisotopic (exact) mass is 243 g/mol. The second kappa shape index (κ2) is 5.00. The highest BCUT2D eigenvalue weighted by Crippen LogP contribution is 2.13. The van der Waals surface area contributed by atoms with E-state index >= 15 is 0 Å². The van der Waals surface area contributed by atoms with E-state index in [1.807, 2.05) is 12.1 Å². The minimum absolute atomic E-state index is 0.0251. The van der Waals surface area contributed by atoms with E-state index in [-0.39, 0.29) is 11.6 Å². The van der Waals surface area contributed by atoms with E-state index in [9.17, 15) is 9.18 Å². The lowest BCUT2D eigenvalue weighted by Crippen LogP contribution is -2.04. The molecule has 0 spiro atoms. The van der Waals surface area contributed by atoms with E-state index in [0.29, 0.717) is 23.2 Å². The van der Waals surface area contributed by atoms with Gasteiger partial charge in [0.15, 0.2) is 5.78 Å². The summed E-state index contributed by atoms with van der Waals surface area (Å²) in [6.45, 7) is 1.65. The fraction of sp³-hybridized carbons (Fsp3) is 0.133. The zero-order valence-electron chi connectivity index (χ0n) is 10.1. The number of anilines is 1. The van der Waals surface area contributed by atoms with Gasteiger partial charge in [-0.2, -0.15) is 0 Å². The Morgan fingerprint density at radius 2 is 1.83 bits per heavy atom. The summed E-state index contributed by atoms with van der Waals surface area (Å²) in [7, 11) is 0. The molecule has 0 saturated heterocycles. The third-order valence-corrected chi connectivity index (χ3v) is 2.82. The highest BCUT2D eigenvalue weighted by molar-refractivity contribution is 5.97. The molecule has 2 aromatic rings. The summed E-state index contributed by atoms with van der Waals surface area (Å²) in [4.78, 5) is 12.0. The van der Waals surface area contributed by atoms with Crippen molar-refractivity contribution in [1.82, 2.24) is 0 Å². The molecular weight excluding hydrogens is 229 g/mol. The summed E-state index contributed by atoms with van der Waals surface area (Å²) in [6, 6.07) is 11.6. The first kappa shape index (κ1) is 12.3. The quantitative estimate of drug-likeness (QED) is 0.664. The van der Waals surface area contributed by atoms with Gasteiger partial charge in [0.05, 0.1) is 0 Å². The number of Topliss-reactive ketones (excluding diaryl/α,β-unsaturated/α-hetero) is 1. The Kier molecular flexibility index (Phi) is 3.42. The maximum Gasteiger partial charge on any atom is 0.167 e. The maximum absolute atomic E-state index is 13.1. The molecule has 0 unspecified atom stereocenters. The summed E-state index contributed by atoms with van der Waals surface area (Å²) >= 11 is 0. The average molecular weight is 243 g/mol. The fourth-order valence-corrected chi connectivity index (χ4v) is 1.74. The van der Waals surface area contributed by atoms with Crippen molar-refractivity contribution in [3.63, 3.8) is 0 Å². The summed E-state index contributed by atoms with van der Waals surface area (Å²) in [5.41, 5.74) is 8.17. The van der Waals surface area contributed by atoms with Crippen LogP contribution >= 0.6 is 0 Å². The largest absolute Gasteiger partial charge is 0.399 e. The third-order valence-electron chi connectivity index (χ3n) is 2.82. The first-order valence-electron chi connectivity index (χ1n) is 5.70. The van der Waals surface area contributed by atoms with Crippen LogP contribution in [0.1, 0.15) is 21.5 Å². The Bertz CT molecular complexity index is 576. The number of benzene rings is 2. The molecule has 2 N–H and O–H groups in total. The molecule has 2 rings (SSSR count). The molecule has 0 heterocycles. The Morgan fingerprint density at radius 3 is 2.44 bits per heavy atom. The van der Waals surface area contributed by atoms with Crippen LogP contribution in [0.25, 0.3) is 0 Å². The highest BCUT2D eigenvalue weighted by Gasteiger charge is 2.08. The molecule has 2 nitrogen and oxygen atoms in total. The number of ketones is 1. The standard InChI is InChI=1S/C15H14FNO/c1-10-8-12(4-7-14(10)16)15(18)9-11-2-5-13(17)6-3-11/h2-8H,9,17H2,1H3. The van der Waals surface area contributed by atoms with Crippen molar-refractivity contribution in [3.05, 3.63) is 65.0 Å². The zero-order valence-corrected chi connectivity index (χ0v) is 10.1. The van der Waals surface area contributed by atoms with E-state index in [1.54, 1.807) is 25.1 Å².